The summed E-state index contributed by atoms with van der Waals surface area (Å²) >= 11 is 0. The fourth-order valence-electron chi connectivity index (χ4n) is 2.13. The van der Waals surface area contributed by atoms with Crippen molar-refractivity contribution in [3.63, 3.8) is 0 Å². The number of carboxylic acids is 1. The van der Waals surface area contributed by atoms with Crippen molar-refractivity contribution in [1.82, 2.24) is 4.31 Å². The van der Waals surface area contributed by atoms with Gasteiger partial charge in [-0.25, -0.2) is 21.5 Å². The predicted octanol–water partition coefficient (Wildman–Crippen LogP) is 1.20. The second kappa shape index (κ2) is 5.45. The number of hydrogen-bond donors (Lipinski definition) is 1. The Morgan fingerprint density at radius 1 is 1.35 bits per heavy atom. The van der Waals surface area contributed by atoms with Gasteiger partial charge in [-0.3, -0.25) is 4.79 Å². The minimum Gasteiger partial charge on any atom is -0.481 e. The highest BCUT2D eigenvalue weighted by molar-refractivity contribution is 7.88. The lowest BCUT2D eigenvalue weighted by atomic mass is 10.1. The Hall–Kier alpha value is -1.54. The minimum absolute atomic E-state index is 0.0510. The summed E-state index contributed by atoms with van der Waals surface area (Å²) in [5, 5.41) is 8.83. The monoisotopic (exact) mass is 305 g/mol. The number of hydrogen-bond acceptors (Lipinski definition) is 3. The van der Waals surface area contributed by atoms with E-state index in [2.05, 4.69) is 0 Å². The van der Waals surface area contributed by atoms with Crippen molar-refractivity contribution in [3.8, 4) is 0 Å². The van der Waals surface area contributed by atoms with E-state index in [-0.39, 0.29) is 19.5 Å². The Morgan fingerprint density at radius 3 is 2.45 bits per heavy atom. The van der Waals surface area contributed by atoms with Crippen molar-refractivity contribution < 1.29 is 27.1 Å². The maximum absolute atomic E-state index is 13.5. The van der Waals surface area contributed by atoms with E-state index in [9.17, 15) is 22.0 Å². The Balaban J connectivity index is 2.19. The third-order valence-corrected chi connectivity index (χ3v) is 5.05. The Bertz CT molecular complexity index is 612. The van der Waals surface area contributed by atoms with Crippen LogP contribution in [0.2, 0.25) is 0 Å². The highest BCUT2D eigenvalue weighted by atomic mass is 32.2. The van der Waals surface area contributed by atoms with Crippen LogP contribution < -0.4 is 0 Å². The molecule has 1 atom stereocenters. The van der Waals surface area contributed by atoms with Crippen molar-refractivity contribution in [1.29, 1.82) is 0 Å². The molecule has 0 spiro atoms. The molecule has 1 fully saturated rings. The second-order valence-electron chi connectivity index (χ2n) is 4.64. The molecule has 2 rings (SSSR count). The molecular formula is C12H13F2NO4S. The molecule has 0 aliphatic carbocycles. The average Bonchev–Trinajstić information content (AvgIpc) is 2.84. The SMILES string of the molecule is O=C(O)C1CCN(S(=O)(=O)Cc2c(F)cccc2F)C1. The van der Waals surface area contributed by atoms with Crippen molar-refractivity contribution >= 4 is 16.0 Å². The highest BCUT2D eigenvalue weighted by Gasteiger charge is 2.35. The van der Waals surface area contributed by atoms with Crippen LogP contribution in [0.15, 0.2) is 18.2 Å². The quantitative estimate of drug-likeness (QED) is 0.907. The largest absolute Gasteiger partial charge is 0.481 e. The molecule has 1 N–H and O–H groups in total. The summed E-state index contributed by atoms with van der Waals surface area (Å²) in [4.78, 5) is 10.8. The molecule has 8 heteroatoms. The van der Waals surface area contributed by atoms with Gasteiger partial charge >= 0.3 is 5.97 Å². The molecule has 110 valence electrons. The molecule has 20 heavy (non-hydrogen) atoms. The first-order valence-electron chi connectivity index (χ1n) is 5.95. The van der Waals surface area contributed by atoms with Gasteiger partial charge in [-0.2, -0.15) is 0 Å². The number of halogens is 2. The average molecular weight is 305 g/mol. The summed E-state index contributed by atoms with van der Waals surface area (Å²) in [5.41, 5.74) is -0.522. The fourth-order valence-corrected chi connectivity index (χ4v) is 3.74. The van der Waals surface area contributed by atoms with Gasteiger partial charge in [0.05, 0.1) is 11.7 Å². The van der Waals surface area contributed by atoms with Crippen LogP contribution in [0.25, 0.3) is 0 Å². The van der Waals surface area contributed by atoms with Crippen molar-refractivity contribution in [3.05, 3.63) is 35.4 Å². The van der Waals surface area contributed by atoms with Gasteiger partial charge < -0.3 is 5.11 Å². The van der Waals surface area contributed by atoms with Crippen LogP contribution in [-0.4, -0.2) is 36.9 Å². The molecule has 5 nitrogen and oxygen atoms in total. The zero-order valence-electron chi connectivity index (χ0n) is 10.4. The molecule has 0 bridgehead atoms. The Kier molecular flexibility index (Phi) is 4.05. The number of rotatable bonds is 4. The van der Waals surface area contributed by atoms with Gasteiger partial charge in [0.1, 0.15) is 11.6 Å². The third-order valence-electron chi connectivity index (χ3n) is 3.28. The number of sulfonamides is 1. The minimum atomic E-state index is -3.93. The maximum atomic E-state index is 13.5. The third kappa shape index (κ3) is 2.96. The van der Waals surface area contributed by atoms with Crippen molar-refractivity contribution in [2.24, 2.45) is 5.92 Å². The number of carbonyl (C=O) groups is 1. The Morgan fingerprint density at radius 2 is 1.95 bits per heavy atom. The summed E-state index contributed by atoms with van der Waals surface area (Å²) in [6.45, 7) is -0.108. The van der Waals surface area contributed by atoms with E-state index < -0.39 is 44.9 Å². The van der Waals surface area contributed by atoms with Crippen molar-refractivity contribution in [2.45, 2.75) is 12.2 Å². The van der Waals surface area contributed by atoms with Gasteiger partial charge in [-0.15, -0.1) is 0 Å². The van der Waals surface area contributed by atoms with Gasteiger partial charge in [0.25, 0.3) is 0 Å². The van der Waals surface area contributed by atoms with Crippen LogP contribution in [0.5, 0.6) is 0 Å². The lowest BCUT2D eigenvalue weighted by Gasteiger charge is -2.16. The van der Waals surface area contributed by atoms with E-state index in [0.717, 1.165) is 22.5 Å². The number of aliphatic carboxylic acids is 1. The van der Waals surface area contributed by atoms with E-state index in [1.54, 1.807) is 0 Å². The number of nitrogens with zero attached hydrogens (tertiary/aromatic N) is 1. The molecular weight excluding hydrogens is 292 g/mol. The molecule has 0 radical (unpaired) electrons. The first-order valence-corrected chi connectivity index (χ1v) is 7.55. The Labute approximate surface area is 114 Å². The van der Waals surface area contributed by atoms with E-state index in [0.29, 0.717) is 0 Å². The summed E-state index contributed by atoms with van der Waals surface area (Å²) in [5.74, 6) is -4.50. The van der Waals surface area contributed by atoms with Crippen LogP contribution in [0, 0.1) is 17.6 Å². The standard InChI is InChI=1S/C12H13F2NO4S/c13-10-2-1-3-11(14)9(10)7-20(18,19)15-5-4-8(6-15)12(16)17/h1-3,8H,4-7H2,(H,16,17). The number of benzene rings is 1. The topological polar surface area (TPSA) is 74.7 Å². The summed E-state index contributed by atoms with van der Waals surface area (Å²) in [7, 11) is -3.93. The zero-order valence-corrected chi connectivity index (χ0v) is 11.2. The predicted molar refractivity (Wildman–Crippen MR) is 66.3 cm³/mol. The van der Waals surface area contributed by atoms with Crippen LogP contribution in [0.1, 0.15) is 12.0 Å². The second-order valence-corrected chi connectivity index (χ2v) is 6.61. The van der Waals surface area contributed by atoms with E-state index in [1.165, 1.54) is 0 Å². The van der Waals surface area contributed by atoms with Crippen LogP contribution in [-0.2, 0) is 20.6 Å². The van der Waals surface area contributed by atoms with E-state index in [4.69, 9.17) is 5.11 Å². The molecule has 1 aromatic rings. The molecule has 0 amide bonds. The smallest absolute Gasteiger partial charge is 0.307 e. The van der Waals surface area contributed by atoms with Crippen LogP contribution in [0.4, 0.5) is 8.78 Å². The normalized spacial score (nSPS) is 20.2. The van der Waals surface area contributed by atoms with Crippen LogP contribution >= 0.6 is 0 Å². The summed E-state index contributed by atoms with van der Waals surface area (Å²) < 4.78 is 52.0. The molecule has 1 saturated heterocycles. The first kappa shape index (κ1) is 14.9. The van der Waals surface area contributed by atoms with Gasteiger partial charge in [0, 0.05) is 18.7 Å². The molecule has 0 saturated carbocycles. The fraction of sp³-hybridized carbons (Fsp3) is 0.417. The summed E-state index contributed by atoms with van der Waals surface area (Å²) in [6, 6.07) is 3.12. The molecule has 1 heterocycles. The lowest BCUT2D eigenvalue weighted by molar-refractivity contribution is -0.141. The lowest BCUT2D eigenvalue weighted by Crippen LogP contribution is -2.31. The van der Waals surface area contributed by atoms with Gasteiger partial charge in [0.2, 0.25) is 10.0 Å². The van der Waals surface area contributed by atoms with Gasteiger partial charge in [0.15, 0.2) is 0 Å². The van der Waals surface area contributed by atoms with E-state index >= 15 is 0 Å². The summed E-state index contributed by atoms with van der Waals surface area (Å²) in [6.07, 6.45) is 0.203. The van der Waals surface area contributed by atoms with Gasteiger partial charge in [-0.05, 0) is 18.6 Å². The molecule has 1 aliphatic heterocycles. The number of carboxylic acid groups (broad SMARTS) is 1. The van der Waals surface area contributed by atoms with E-state index in [1.807, 2.05) is 0 Å². The molecule has 1 unspecified atom stereocenters. The van der Waals surface area contributed by atoms with Crippen molar-refractivity contribution in [2.75, 3.05) is 13.1 Å². The highest BCUT2D eigenvalue weighted by Crippen LogP contribution is 2.23. The molecule has 1 aliphatic rings. The van der Waals surface area contributed by atoms with Gasteiger partial charge in [-0.1, -0.05) is 6.07 Å². The first-order chi connectivity index (χ1) is 9.31. The molecule has 1 aromatic carbocycles. The van der Waals surface area contributed by atoms with Crippen LogP contribution in [0.3, 0.4) is 0 Å². The maximum Gasteiger partial charge on any atom is 0.307 e. The molecule has 0 aromatic heterocycles. The zero-order chi connectivity index (χ0) is 14.9.